The van der Waals surface area contributed by atoms with Crippen LogP contribution in [0.15, 0.2) is 23.3 Å². The van der Waals surface area contributed by atoms with Gasteiger partial charge in [-0.2, -0.15) is 0 Å². The molecule has 2 aliphatic rings. The molecule has 23 heavy (non-hydrogen) atoms. The van der Waals surface area contributed by atoms with Gasteiger partial charge >= 0.3 is 12.0 Å². The predicted octanol–water partition coefficient (Wildman–Crippen LogP) is 1.38. The molecule has 3 heterocycles. The number of rotatable bonds is 4. The number of imide groups is 1. The SMILES string of the molecule is C/C=C/CN1C(=O)C2C(=Nc3n(CCCl)c(C)c[n+]32)N(C)C1=O. The molecule has 1 saturated heterocycles. The Morgan fingerprint density at radius 3 is 2.83 bits per heavy atom. The van der Waals surface area contributed by atoms with Gasteiger partial charge in [-0.15, -0.1) is 11.6 Å². The predicted molar refractivity (Wildman–Crippen MR) is 85.9 cm³/mol. The molecule has 8 heteroatoms. The van der Waals surface area contributed by atoms with Crippen LogP contribution in [0.5, 0.6) is 0 Å². The largest absolute Gasteiger partial charge is 0.401 e. The summed E-state index contributed by atoms with van der Waals surface area (Å²) in [6.07, 6.45) is 5.49. The van der Waals surface area contributed by atoms with Gasteiger partial charge in [0, 0.05) is 13.6 Å². The van der Waals surface area contributed by atoms with E-state index in [2.05, 4.69) is 4.99 Å². The second kappa shape index (κ2) is 5.81. The molecule has 0 aromatic carbocycles. The third-order valence-electron chi connectivity index (χ3n) is 4.15. The summed E-state index contributed by atoms with van der Waals surface area (Å²) in [4.78, 5) is 32.5. The van der Waals surface area contributed by atoms with Gasteiger partial charge in [-0.1, -0.05) is 17.1 Å². The van der Waals surface area contributed by atoms with Crippen LogP contribution < -0.4 is 4.57 Å². The molecule has 0 saturated carbocycles. The zero-order valence-corrected chi connectivity index (χ0v) is 14.1. The molecule has 0 radical (unpaired) electrons. The summed E-state index contributed by atoms with van der Waals surface area (Å²) >= 11 is 5.85. The lowest BCUT2D eigenvalue weighted by Gasteiger charge is -2.32. The van der Waals surface area contributed by atoms with Crippen LogP contribution in [0, 0.1) is 6.92 Å². The molecule has 1 fully saturated rings. The van der Waals surface area contributed by atoms with E-state index in [0.29, 0.717) is 24.2 Å². The minimum atomic E-state index is -0.590. The fourth-order valence-corrected chi connectivity index (χ4v) is 3.14. The Morgan fingerprint density at radius 1 is 1.43 bits per heavy atom. The van der Waals surface area contributed by atoms with Crippen molar-refractivity contribution in [3.63, 3.8) is 0 Å². The van der Waals surface area contributed by atoms with E-state index in [4.69, 9.17) is 11.6 Å². The lowest BCUT2D eigenvalue weighted by atomic mass is 10.1. The van der Waals surface area contributed by atoms with Crippen molar-refractivity contribution in [2.24, 2.45) is 4.99 Å². The van der Waals surface area contributed by atoms with Crippen molar-refractivity contribution >= 4 is 35.3 Å². The Labute approximate surface area is 139 Å². The molecule has 0 bridgehead atoms. The minimum absolute atomic E-state index is 0.253. The highest BCUT2D eigenvalue weighted by Crippen LogP contribution is 2.29. The number of carbonyl (C=O) groups is 2. The Balaban J connectivity index is 2.06. The van der Waals surface area contributed by atoms with E-state index in [1.54, 1.807) is 13.1 Å². The summed E-state index contributed by atoms with van der Waals surface area (Å²) < 4.78 is 3.78. The Bertz CT molecular complexity index is 736. The Morgan fingerprint density at radius 2 is 2.17 bits per heavy atom. The monoisotopic (exact) mass is 336 g/mol. The van der Waals surface area contributed by atoms with Crippen LogP contribution in [0.1, 0.15) is 18.7 Å². The highest BCUT2D eigenvalue weighted by Gasteiger charge is 2.52. The third-order valence-corrected chi connectivity index (χ3v) is 4.32. The molecule has 0 N–H and O–H groups in total. The maximum absolute atomic E-state index is 12.8. The van der Waals surface area contributed by atoms with Gasteiger partial charge in [0.05, 0.1) is 12.4 Å². The lowest BCUT2D eigenvalue weighted by Crippen LogP contribution is -2.62. The molecule has 7 nitrogen and oxygen atoms in total. The quantitative estimate of drug-likeness (QED) is 0.474. The van der Waals surface area contributed by atoms with Crippen molar-refractivity contribution in [1.82, 2.24) is 14.4 Å². The number of hydrogen-bond acceptors (Lipinski definition) is 3. The van der Waals surface area contributed by atoms with Gasteiger partial charge in [0.25, 0.3) is 5.91 Å². The normalized spacial score (nSPS) is 20.3. The zero-order valence-electron chi connectivity index (χ0n) is 13.4. The van der Waals surface area contributed by atoms with Crippen LogP contribution in [-0.4, -0.2) is 51.6 Å². The summed E-state index contributed by atoms with van der Waals surface area (Å²) in [5.74, 6) is 1.32. The van der Waals surface area contributed by atoms with E-state index in [-0.39, 0.29) is 18.5 Å². The number of aliphatic imine (C=N–C) groups is 1. The van der Waals surface area contributed by atoms with E-state index in [0.717, 1.165) is 5.69 Å². The van der Waals surface area contributed by atoms with Crippen LogP contribution >= 0.6 is 11.6 Å². The zero-order chi connectivity index (χ0) is 16.7. The molecule has 2 aliphatic heterocycles. The van der Waals surface area contributed by atoms with Crippen molar-refractivity contribution in [2.45, 2.75) is 26.4 Å². The molecule has 1 aromatic rings. The second-order valence-corrected chi connectivity index (χ2v) is 5.93. The summed E-state index contributed by atoms with van der Waals surface area (Å²) in [6, 6.07) is -0.942. The Kier molecular flexibility index (Phi) is 3.97. The number of fused-ring (bicyclic) bond motifs is 3. The number of halogens is 1. The van der Waals surface area contributed by atoms with Crippen LogP contribution in [0.25, 0.3) is 0 Å². The molecule has 1 aromatic heterocycles. The lowest BCUT2D eigenvalue weighted by molar-refractivity contribution is -0.677. The van der Waals surface area contributed by atoms with E-state index < -0.39 is 6.04 Å². The van der Waals surface area contributed by atoms with Crippen molar-refractivity contribution in [1.29, 1.82) is 0 Å². The van der Waals surface area contributed by atoms with E-state index in [1.165, 1.54) is 9.80 Å². The second-order valence-electron chi connectivity index (χ2n) is 5.55. The number of alkyl halides is 1. The standard InChI is InChI=1S/C15H19ClN5O2/c1-4-5-7-20-13(22)11-12(18(3)15(20)23)17-14-19(8-6-16)10(2)9-21(11)14/h4-5,9,11H,6-8H2,1-3H3/q+1/b5-4+. The van der Waals surface area contributed by atoms with Gasteiger partial charge in [0.2, 0.25) is 11.9 Å². The van der Waals surface area contributed by atoms with Gasteiger partial charge in [-0.05, 0) is 13.8 Å². The van der Waals surface area contributed by atoms with Crippen LogP contribution in [0.3, 0.4) is 0 Å². The number of allylic oxidation sites excluding steroid dienone is 1. The van der Waals surface area contributed by atoms with Crippen LogP contribution in [-0.2, 0) is 11.3 Å². The summed E-state index contributed by atoms with van der Waals surface area (Å²) in [5, 5.41) is 0. The molecule has 1 atom stereocenters. The summed E-state index contributed by atoms with van der Waals surface area (Å²) in [6.45, 7) is 4.67. The summed E-state index contributed by atoms with van der Waals surface area (Å²) in [5.41, 5.74) is 0.982. The van der Waals surface area contributed by atoms with E-state index >= 15 is 0 Å². The van der Waals surface area contributed by atoms with E-state index in [9.17, 15) is 9.59 Å². The van der Waals surface area contributed by atoms with Gasteiger partial charge in [0.15, 0.2) is 0 Å². The van der Waals surface area contributed by atoms with E-state index in [1.807, 2.05) is 35.3 Å². The average molecular weight is 337 g/mol. The highest BCUT2D eigenvalue weighted by atomic mass is 35.5. The molecule has 0 aliphatic carbocycles. The number of amidine groups is 1. The third kappa shape index (κ3) is 2.26. The smallest absolute Gasteiger partial charge is 0.270 e. The van der Waals surface area contributed by atoms with Gasteiger partial charge < -0.3 is 0 Å². The maximum Gasteiger partial charge on any atom is 0.401 e. The minimum Gasteiger partial charge on any atom is -0.270 e. The van der Waals surface area contributed by atoms with Crippen molar-refractivity contribution < 1.29 is 14.2 Å². The average Bonchev–Trinajstić information content (AvgIpc) is 3.02. The molecular weight excluding hydrogens is 318 g/mol. The number of imidazole rings is 1. The number of nitrogens with zero attached hydrogens (tertiary/aromatic N) is 5. The van der Waals surface area contributed by atoms with Gasteiger partial charge in [-0.25, -0.2) is 13.9 Å². The molecule has 1 unspecified atom stereocenters. The molecule has 3 rings (SSSR count). The molecule has 122 valence electrons. The number of amides is 3. The number of aryl methyl sites for hydroxylation is 1. The first kappa shape index (κ1) is 15.7. The van der Waals surface area contributed by atoms with Gasteiger partial charge in [-0.3, -0.25) is 14.6 Å². The fourth-order valence-electron chi connectivity index (χ4n) is 2.97. The summed E-state index contributed by atoms with van der Waals surface area (Å²) in [7, 11) is 1.65. The number of hydrogen-bond donors (Lipinski definition) is 0. The first-order chi connectivity index (χ1) is 11.0. The fraction of sp³-hybridized carbons (Fsp3) is 0.467. The topological polar surface area (TPSA) is 61.8 Å². The first-order valence-electron chi connectivity index (χ1n) is 7.47. The number of likely N-dealkylation sites (N-methyl/N-ethyl adjacent to an activating group) is 1. The molecular formula is C15H19ClN5O2+. The number of urea groups is 1. The van der Waals surface area contributed by atoms with Crippen molar-refractivity contribution in [3.8, 4) is 0 Å². The first-order valence-corrected chi connectivity index (χ1v) is 8.00. The van der Waals surface area contributed by atoms with Gasteiger partial charge in [0.1, 0.15) is 11.9 Å². The van der Waals surface area contributed by atoms with Crippen LogP contribution in [0.4, 0.5) is 10.7 Å². The Hall–Kier alpha value is -2.15. The molecule has 3 amide bonds. The highest BCUT2D eigenvalue weighted by molar-refractivity contribution is 6.19. The maximum atomic E-state index is 12.8. The van der Waals surface area contributed by atoms with Crippen molar-refractivity contribution in [2.75, 3.05) is 19.5 Å². The number of carbonyl (C=O) groups excluding carboxylic acids is 2. The van der Waals surface area contributed by atoms with Crippen molar-refractivity contribution in [3.05, 3.63) is 24.0 Å². The molecule has 0 spiro atoms. The number of aromatic nitrogens is 2. The van der Waals surface area contributed by atoms with Crippen LogP contribution in [0.2, 0.25) is 0 Å².